The van der Waals surface area contributed by atoms with Crippen molar-refractivity contribution in [2.45, 2.75) is 18.9 Å². The molecule has 2 rings (SSSR count). The van der Waals surface area contributed by atoms with E-state index in [0.717, 1.165) is 25.1 Å². The first-order valence-electron chi connectivity index (χ1n) is 4.59. The molecular weight excluding hydrogens is 188 g/mol. The Morgan fingerprint density at radius 2 is 2.54 bits per heavy atom. The number of allylic oxidation sites excluding steroid dienone is 1. The van der Waals surface area contributed by atoms with Gasteiger partial charge in [-0.25, -0.2) is 0 Å². The molecule has 3 nitrogen and oxygen atoms in total. The molecule has 72 valence electrons. The molecule has 0 radical (unpaired) electrons. The van der Waals surface area contributed by atoms with Gasteiger partial charge in [-0.1, -0.05) is 11.6 Å². The van der Waals surface area contributed by atoms with Gasteiger partial charge in [-0.2, -0.15) is 0 Å². The number of aliphatic imine (C=N–C) groups is 1. The second-order valence-corrected chi connectivity index (χ2v) is 3.83. The van der Waals surface area contributed by atoms with Crippen molar-refractivity contribution in [3.63, 3.8) is 0 Å². The number of likely N-dealkylation sites (tertiary alicyclic amines) is 1. The normalized spacial score (nSPS) is 27.8. The van der Waals surface area contributed by atoms with E-state index in [4.69, 9.17) is 16.7 Å². The topological polar surface area (TPSA) is 35.8 Å². The zero-order valence-electron chi connectivity index (χ0n) is 7.41. The molecule has 4 heteroatoms. The minimum Gasteiger partial charge on any atom is -0.394 e. The van der Waals surface area contributed by atoms with Crippen LogP contribution in [0.3, 0.4) is 0 Å². The minimum absolute atomic E-state index is 0.231. The Labute approximate surface area is 82.7 Å². The van der Waals surface area contributed by atoms with Gasteiger partial charge in [0.25, 0.3) is 0 Å². The predicted octanol–water partition coefficient (Wildman–Crippen LogP) is 0.978. The molecule has 0 aromatic heterocycles. The number of hydrogen-bond donors (Lipinski definition) is 1. The first-order chi connectivity index (χ1) is 6.31. The predicted molar refractivity (Wildman–Crippen MR) is 53.1 cm³/mol. The summed E-state index contributed by atoms with van der Waals surface area (Å²) in [6.07, 6.45) is 4.13. The highest BCUT2D eigenvalue weighted by Gasteiger charge is 2.26. The molecule has 2 aliphatic rings. The Morgan fingerprint density at radius 3 is 3.15 bits per heavy atom. The third-order valence-corrected chi connectivity index (χ3v) is 2.86. The molecule has 1 saturated heterocycles. The number of nitrogens with zero attached hydrogens (tertiary/aromatic N) is 2. The molecule has 0 unspecified atom stereocenters. The number of halogens is 1. The monoisotopic (exact) mass is 200 g/mol. The van der Waals surface area contributed by atoms with Crippen molar-refractivity contribution in [2.24, 2.45) is 4.99 Å². The zero-order chi connectivity index (χ0) is 9.26. The summed E-state index contributed by atoms with van der Waals surface area (Å²) >= 11 is 5.76. The second-order valence-electron chi connectivity index (χ2n) is 3.45. The molecule has 0 spiro atoms. The summed E-state index contributed by atoms with van der Waals surface area (Å²) < 4.78 is 0. The fourth-order valence-electron chi connectivity index (χ4n) is 1.96. The summed E-state index contributed by atoms with van der Waals surface area (Å²) in [6.45, 7) is 1.93. The number of aliphatic hydroxyl groups excluding tert-OH is 1. The lowest BCUT2D eigenvalue weighted by atomic mass is 10.2. The molecule has 2 aliphatic heterocycles. The molecule has 0 aromatic carbocycles. The van der Waals surface area contributed by atoms with E-state index in [0.29, 0.717) is 11.7 Å². The van der Waals surface area contributed by atoms with Gasteiger partial charge in [-0.3, -0.25) is 4.99 Å². The van der Waals surface area contributed by atoms with Crippen molar-refractivity contribution in [2.75, 3.05) is 19.7 Å². The molecule has 1 fully saturated rings. The van der Waals surface area contributed by atoms with E-state index in [1.165, 1.54) is 0 Å². The zero-order valence-corrected chi connectivity index (χ0v) is 8.17. The van der Waals surface area contributed by atoms with Gasteiger partial charge in [-0.15, -0.1) is 0 Å². The van der Waals surface area contributed by atoms with Crippen LogP contribution in [-0.4, -0.2) is 40.9 Å². The van der Waals surface area contributed by atoms with Gasteiger partial charge >= 0.3 is 0 Å². The molecule has 13 heavy (non-hydrogen) atoms. The molecule has 0 aromatic rings. The highest BCUT2D eigenvalue weighted by Crippen LogP contribution is 2.24. The molecule has 2 heterocycles. The van der Waals surface area contributed by atoms with Gasteiger partial charge in [0.05, 0.1) is 19.2 Å². The van der Waals surface area contributed by atoms with Crippen LogP contribution >= 0.6 is 11.6 Å². The van der Waals surface area contributed by atoms with Gasteiger partial charge in [-0.05, 0) is 18.9 Å². The highest BCUT2D eigenvalue weighted by atomic mass is 35.5. The van der Waals surface area contributed by atoms with Crippen LogP contribution in [0.5, 0.6) is 0 Å². The fourth-order valence-corrected chi connectivity index (χ4v) is 2.15. The summed E-state index contributed by atoms with van der Waals surface area (Å²) in [5.41, 5.74) is 1.15. The third kappa shape index (κ3) is 1.71. The van der Waals surface area contributed by atoms with Gasteiger partial charge in [0.15, 0.2) is 0 Å². The quantitative estimate of drug-likeness (QED) is 0.722. The number of rotatable bonds is 2. The average Bonchev–Trinajstić information content (AvgIpc) is 2.71. The molecule has 0 bridgehead atoms. The van der Waals surface area contributed by atoms with Gasteiger partial charge < -0.3 is 10.0 Å². The average molecular weight is 201 g/mol. The van der Waals surface area contributed by atoms with E-state index in [1.807, 2.05) is 6.08 Å². The maximum atomic E-state index is 9.12. The molecule has 0 amide bonds. The van der Waals surface area contributed by atoms with Crippen molar-refractivity contribution in [3.8, 4) is 0 Å². The third-order valence-electron chi connectivity index (χ3n) is 2.63. The molecule has 0 saturated carbocycles. The Kier molecular flexibility index (Phi) is 2.56. The Bertz CT molecular complexity index is 262. The van der Waals surface area contributed by atoms with E-state index < -0.39 is 0 Å². The van der Waals surface area contributed by atoms with Crippen LogP contribution in [0.2, 0.25) is 0 Å². The maximum Gasteiger partial charge on any atom is 0.125 e. The van der Waals surface area contributed by atoms with E-state index in [1.54, 1.807) is 0 Å². The van der Waals surface area contributed by atoms with E-state index in [2.05, 4.69) is 9.89 Å². The van der Waals surface area contributed by atoms with Crippen molar-refractivity contribution < 1.29 is 5.11 Å². The van der Waals surface area contributed by atoms with Gasteiger partial charge in [0.1, 0.15) is 5.17 Å². The first kappa shape index (κ1) is 9.03. The standard InChI is InChI=1S/C9H13ClN2O/c10-9-4-8(5-11-9)12-3-1-2-7(12)6-13/h4,7,13H,1-3,5-6H2/t7-/m0/s1. The summed E-state index contributed by atoms with van der Waals surface area (Å²) in [5, 5.41) is 9.71. The van der Waals surface area contributed by atoms with Crippen LogP contribution in [0.25, 0.3) is 0 Å². The second kappa shape index (κ2) is 3.68. The lowest BCUT2D eigenvalue weighted by Gasteiger charge is -2.25. The van der Waals surface area contributed by atoms with E-state index >= 15 is 0 Å². The van der Waals surface area contributed by atoms with Crippen LogP contribution < -0.4 is 0 Å². The molecule has 1 atom stereocenters. The largest absolute Gasteiger partial charge is 0.394 e. The van der Waals surface area contributed by atoms with Crippen LogP contribution in [0.1, 0.15) is 12.8 Å². The lowest BCUT2D eigenvalue weighted by Crippen LogP contribution is -2.32. The van der Waals surface area contributed by atoms with Crippen molar-refractivity contribution in [1.29, 1.82) is 0 Å². The van der Waals surface area contributed by atoms with Crippen molar-refractivity contribution in [3.05, 3.63) is 11.8 Å². The maximum absolute atomic E-state index is 9.12. The van der Waals surface area contributed by atoms with Crippen LogP contribution in [0.15, 0.2) is 16.8 Å². The molecular formula is C9H13ClN2O. The van der Waals surface area contributed by atoms with E-state index in [9.17, 15) is 0 Å². The van der Waals surface area contributed by atoms with E-state index in [-0.39, 0.29) is 12.6 Å². The molecule has 0 aliphatic carbocycles. The summed E-state index contributed by atoms with van der Waals surface area (Å²) in [5.74, 6) is 0. The Balaban J connectivity index is 2.05. The minimum atomic E-state index is 0.231. The number of aliphatic hydroxyl groups is 1. The SMILES string of the molecule is OC[C@@H]1CCCN1C1=CC(Cl)=NC1. The number of hydrogen-bond acceptors (Lipinski definition) is 3. The van der Waals surface area contributed by atoms with Crippen molar-refractivity contribution >= 4 is 16.8 Å². The summed E-state index contributed by atoms with van der Waals surface area (Å²) in [7, 11) is 0. The first-order valence-corrected chi connectivity index (χ1v) is 4.97. The Morgan fingerprint density at radius 1 is 1.69 bits per heavy atom. The summed E-state index contributed by atoms with van der Waals surface area (Å²) in [6, 6.07) is 0.281. The Hall–Kier alpha value is -0.540. The summed E-state index contributed by atoms with van der Waals surface area (Å²) in [4.78, 5) is 6.32. The smallest absolute Gasteiger partial charge is 0.125 e. The molecule has 1 N–H and O–H groups in total. The highest BCUT2D eigenvalue weighted by molar-refractivity contribution is 6.68. The van der Waals surface area contributed by atoms with Gasteiger partial charge in [0.2, 0.25) is 0 Å². The lowest BCUT2D eigenvalue weighted by molar-refractivity contribution is 0.186. The van der Waals surface area contributed by atoms with Crippen LogP contribution in [0, 0.1) is 0 Å². The van der Waals surface area contributed by atoms with Crippen LogP contribution in [-0.2, 0) is 0 Å². The van der Waals surface area contributed by atoms with Crippen LogP contribution in [0.4, 0.5) is 0 Å². The fraction of sp³-hybridized carbons (Fsp3) is 0.667. The van der Waals surface area contributed by atoms with Gasteiger partial charge in [0, 0.05) is 12.2 Å². The van der Waals surface area contributed by atoms with Crippen molar-refractivity contribution in [1.82, 2.24) is 4.90 Å².